The summed E-state index contributed by atoms with van der Waals surface area (Å²) in [4.78, 5) is 2.07. The fraction of sp³-hybridized carbons (Fsp3) is 0.0196. The quantitative estimate of drug-likeness (QED) is 0.104. The van der Waals surface area contributed by atoms with E-state index in [0.717, 1.165) is 55.9 Å². The Hall–Kier alpha value is -6.70. The van der Waals surface area contributed by atoms with Gasteiger partial charge in [0.05, 0.1) is 9.53 Å². The molecule has 7 aromatic rings. The van der Waals surface area contributed by atoms with Crippen LogP contribution in [0.2, 0.25) is 0 Å². The van der Waals surface area contributed by atoms with Crippen molar-refractivity contribution in [1.29, 1.82) is 0 Å². The van der Waals surface area contributed by atoms with Gasteiger partial charge in [0.15, 0.2) is 0 Å². The molecule has 0 N–H and O–H groups in total. The van der Waals surface area contributed by atoms with Crippen molar-refractivity contribution in [2.45, 2.75) is 5.41 Å². The highest BCUT2D eigenvalue weighted by Gasteiger charge is 2.46. The summed E-state index contributed by atoms with van der Waals surface area (Å²) in [5, 5.41) is 0. The molecule has 1 aliphatic rings. The van der Waals surface area contributed by atoms with Crippen molar-refractivity contribution in [3.8, 4) is 11.1 Å². The first-order valence-corrected chi connectivity index (χ1v) is 17.5. The number of benzene rings is 7. The molecule has 0 fully saturated rings. The number of hydrogen-bond acceptors (Lipinski definition) is 1. The first kappa shape index (κ1) is 29.1. The molecule has 7 aromatic carbocycles. The molecule has 1 heteroatoms. The Bertz CT molecular complexity index is 2590. The van der Waals surface area contributed by atoms with Crippen molar-refractivity contribution in [2.75, 3.05) is 4.90 Å². The molecule has 1 nitrogen and oxygen atoms in total. The van der Waals surface area contributed by atoms with E-state index in [-0.39, 0.29) is 12.1 Å². The lowest BCUT2D eigenvalue weighted by molar-refractivity contribution is 0.767. The van der Waals surface area contributed by atoms with Gasteiger partial charge >= 0.3 is 0 Å². The molecule has 52 heavy (non-hydrogen) atoms. The minimum Gasteiger partial charge on any atom is -0.310 e. The standard InChI is InChI=1S/C51H39N/c1-3-19-41(4-2)51(42-24-13-7-14-25-42)49-29-18-17-28-46(49)47-35-34-45(37-50(47)51)52(43-26-15-8-16-27-43)44-32-30-40(31-33-44)48(39-22-11-6-12-23-39)36-38-20-9-5-10-21-38/h3-37H,1-2H2/b41-19+,48-36+/i30D,33D,36D. The van der Waals surface area contributed by atoms with Crippen LogP contribution in [-0.4, -0.2) is 0 Å². The van der Waals surface area contributed by atoms with E-state index < -0.39 is 5.41 Å². The van der Waals surface area contributed by atoms with Crippen LogP contribution in [0.4, 0.5) is 17.1 Å². The molecule has 248 valence electrons. The van der Waals surface area contributed by atoms with Gasteiger partial charge in [-0.1, -0.05) is 183 Å². The summed E-state index contributed by atoms with van der Waals surface area (Å²) in [6, 6.07) is 59.2. The molecule has 1 aliphatic carbocycles. The van der Waals surface area contributed by atoms with Gasteiger partial charge in [0.1, 0.15) is 0 Å². The van der Waals surface area contributed by atoms with E-state index in [0.29, 0.717) is 22.9 Å². The van der Waals surface area contributed by atoms with E-state index in [2.05, 4.69) is 84.8 Å². The lowest BCUT2D eigenvalue weighted by Gasteiger charge is -2.35. The molecule has 8 rings (SSSR count). The predicted molar refractivity (Wildman–Crippen MR) is 221 cm³/mol. The van der Waals surface area contributed by atoms with Gasteiger partial charge in [0.2, 0.25) is 0 Å². The number of nitrogens with zero attached hydrogens (tertiary/aromatic N) is 1. The summed E-state index contributed by atoms with van der Waals surface area (Å²) >= 11 is 0. The lowest BCUT2D eigenvalue weighted by Crippen LogP contribution is -2.29. The van der Waals surface area contributed by atoms with Crippen LogP contribution in [0.1, 0.15) is 37.5 Å². The minimum atomic E-state index is -0.687. The first-order chi connectivity index (χ1) is 27.0. The molecule has 1 atom stereocenters. The molecule has 0 saturated carbocycles. The van der Waals surface area contributed by atoms with Crippen molar-refractivity contribution in [3.63, 3.8) is 0 Å². The Morgan fingerprint density at radius 2 is 1.19 bits per heavy atom. The van der Waals surface area contributed by atoms with Crippen molar-refractivity contribution in [2.24, 2.45) is 0 Å². The van der Waals surface area contributed by atoms with E-state index in [1.54, 1.807) is 12.1 Å². The molecule has 0 saturated heterocycles. The summed E-state index contributed by atoms with van der Waals surface area (Å²) in [6.07, 6.45) is 5.81. The molecule has 0 heterocycles. The molecule has 0 radical (unpaired) electrons. The molecule has 0 spiro atoms. The average molecular weight is 669 g/mol. The van der Waals surface area contributed by atoms with Gasteiger partial charge in [-0.15, -0.1) is 0 Å². The van der Waals surface area contributed by atoms with Crippen LogP contribution in [0.15, 0.2) is 225 Å². The van der Waals surface area contributed by atoms with E-state index in [9.17, 15) is 4.11 Å². The van der Waals surface area contributed by atoms with Crippen LogP contribution in [0.3, 0.4) is 0 Å². The normalized spacial score (nSPS) is 16.0. The zero-order valence-electron chi connectivity index (χ0n) is 31.8. The summed E-state index contributed by atoms with van der Waals surface area (Å²) in [7, 11) is 0. The molecular formula is C51H39N. The highest BCUT2D eigenvalue weighted by Crippen LogP contribution is 2.57. The summed E-state index contributed by atoms with van der Waals surface area (Å²) in [5.74, 6) is 0. The van der Waals surface area contributed by atoms with Crippen molar-refractivity contribution < 1.29 is 4.11 Å². The summed E-state index contributed by atoms with van der Waals surface area (Å²) in [5.41, 5.74) is 10.9. The minimum absolute atomic E-state index is 0.224. The zero-order chi connectivity index (χ0) is 37.9. The maximum atomic E-state index is 9.62. The molecular weight excluding hydrogens is 627 g/mol. The van der Waals surface area contributed by atoms with E-state index >= 15 is 0 Å². The largest absolute Gasteiger partial charge is 0.310 e. The van der Waals surface area contributed by atoms with Crippen molar-refractivity contribution in [3.05, 3.63) is 258 Å². The second-order valence-corrected chi connectivity index (χ2v) is 12.7. The second kappa shape index (κ2) is 14.3. The topological polar surface area (TPSA) is 3.24 Å². The third kappa shape index (κ3) is 5.73. The maximum absolute atomic E-state index is 9.62. The summed E-state index contributed by atoms with van der Waals surface area (Å²) in [6.45, 7) is 8.38. The Morgan fingerprint density at radius 1 is 0.558 bits per heavy atom. The van der Waals surface area contributed by atoms with Gasteiger partial charge in [-0.25, -0.2) is 0 Å². The van der Waals surface area contributed by atoms with Crippen LogP contribution < -0.4 is 4.90 Å². The monoisotopic (exact) mass is 668 g/mol. The number of hydrogen-bond donors (Lipinski definition) is 0. The number of para-hydroxylation sites is 1. The average Bonchev–Trinajstić information content (AvgIpc) is 3.53. The Labute approximate surface area is 311 Å². The van der Waals surface area contributed by atoms with E-state index in [4.69, 9.17) is 0 Å². The number of anilines is 3. The fourth-order valence-electron chi connectivity index (χ4n) is 7.58. The van der Waals surface area contributed by atoms with Crippen LogP contribution in [0.5, 0.6) is 0 Å². The maximum Gasteiger partial charge on any atom is 0.0714 e. The van der Waals surface area contributed by atoms with Gasteiger partial charge in [0, 0.05) is 17.1 Å². The molecule has 0 amide bonds. The second-order valence-electron chi connectivity index (χ2n) is 12.7. The van der Waals surface area contributed by atoms with E-state index in [1.165, 1.54) is 0 Å². The van der Waals surface area contributed by atoms with Crippen LogP contribution >= 0.6 is 0 Å². The highest BCUT2D eigenvalue weighted by molar-refractivity contribution is 5.93. The molecule has 1 unspecified atom stereocenters. The van der Waals surface area contributed by atoms with Crippen LogP contribution in [0, 0.1) is 0 Å². The molecule has 0 bridgehead atoms. The van der Waals surface area contributed by atoms with Crippen LogP contribution in [-0.2, 0) is 5.41 Å². The van der Waals surface area contributed by atoms with Crippen LogP contribution in [0.25, 0.3) is 22.8 Å². The highest BCUT2D eigenvalue weighted by atomic mass is 15.1. The van der Waals surface area contributed by atoms with Gasteiger partial charge < -0.3 is 4.90 Å². The Morgan fingerprint density at radius 3 is 1.90 bits per heavy atom. The lowest BCUT2D eigenvalue weighted by atomic mass is 9.67. The van der Waals surface area contributed by atoms with Gasteiger partial charge in [-0.2, -0.15) is 0 Å². The number of rotatable bonds is 10. The zero-order valence-corrected chi connectivity index (χ0v) is 28.8. The SMILES string of the molecule is [2H]/C(=C(/c1ccccc1)c1cc([2H])c(N(c2ccccc2)c2ccc3c(c2)C(/C(C=C)=C/C=C)(c2ccccc2)c2ccccc2-3)cc1[2H])c1ccccc1. The molecule has 0 aliphatic heterocycles. The first-order valence-electron chi connectivity index (χ1n) is 19.0. The number of fused-ring (bicyclic) bond motifs is 3. The van der Waals surface area contributed by atoms with E-state index in [1.807, 2.05) is 115 Å². The van der Waals surface area contributed by atoms with Gasteiger partial charge in [-0.3, -0.25) is 0 Å². The summed E-state index contributed by atoms with van der Waals surface area (Å²) < 4.78 is 28.5. The fourth-order valence-corrected chi connectivity index (χ4v) is 7.58. The van der Waals surface area contributed by atoms with Gasteiger partial charge in [-0.05, 0) is 98.1 Å². The predicted octanol–water partition coefficient (Wildman–Crippen LogP) is 13.4. The van der Waals surface area contributed by atoms with Gasteiger partial charge in [0.25, 0.3) is 0 Å². The third-order valence-electron chi connectivity index (χ3n) is 9.80. The van der Waals surface area contributed by atoms with Crippen molar-refractivity contribution >= 4 is 28.7 Å². The number of allylic oxidation sites excluding steroid dienone is 4. The Kier molecular flexibility index (Phi) is 7.98. The smallest absolute Gasteiger partial charge is 0.0714 e. The molecule has 0 aromatic heterocycles. The Balaban J connectivity index is 1.37. The third-order valence-corrected chi connectivity index (χ3v) is 9.80. The van der Waals surface area contributed by atoms with Crippen molar-refractivity contribution in [1.82, 2.24) is 0 Å².